The van der Waals surface area contributed by atoms with Crippen molar-refractivity contribution in [3.05, 3.63) is 81.3 Å². The molecule has 26 heavy (non-hydrogen) atoms. The first-order chi connectivity index (χ1) is 12.4. The minimum absolute atomic E-state index is 0.364. The topological polar surface area (TPSA) is 59.0 Å². The molecule has 2 aromatic carbocycles. The molecule has 3 aromatic rings. The Labute approximate surface area is 165 Å². The summed E-state index contributed by atoms with van der Waals surface area (Å²) in [4.78, 5) is 16.9. The van der Waals surface area contributed by atoms with Crippen molar-refractivity contribution in [2.45, 2.75) is 6.04 Å². The summed E-state index contributed by atoms with van der Waals surface area (Å²) in [5.41, 5.74) is 1.39. The predicted octanol–water partition coefficient (Wildman–Crippen LogP) is 5.29. The minimum Gasteiger partial charge on any atom is -0.336 e. The van der Waals surface area contributed by atoms with Gasteiger partial charge in [-0.2, -0.15) is 0 Å². The maximum absolute atomic E-state index is 12.5. The van der Waals surface area contributed by atoms with Gasteiger partial charge in [0, 0.05) is 30.2 Å². The van der Waals surface area contributed by atoms with E-state index in [1.165, 1.54) is 0 Å². The van der Waals surface area contributed by atoms with Crippen LogP contribution < -0.4 is 10.6 Å². The minimum atomic E-state index is -0.449. The molecule has 1 unspecified atom stereocenters. The van der Waals surface area contributed by atoms with Gasteiger partial charge in [-0.1, -0.05) is 46.9 Å². The Hall–Kier alpha value is -2.21. The summed E-state index contributed by atoms with van der Waals surface area (Å²) in [6.45, 7) is 0. The van der Waals surface area contributed by atoms with Crippen molar-refractivity contribution in [1.29, 1.82) is 0 Å². The highest BCUT2D eigenvalue weighted by Gasteiger charge is 2.21. The normalized spacial score (nSPS) is 11.8. The van der Waals surface area contributed by atoms with Crippen molar-refractivity contribution < 1.29 is 4.79 Å². The maximum Gasteiger partial charge on any atom is 0.320 e. The van der Waals surface area contributed by atoms with Crippen molar-refractivity contribution in [1.82, 2.24) is 14.9 Å². The van der Waals surface area contributed by atoms with E-state index in [4.69, 9.17) is 34.8 Å². The number of aromatic nitrogens is 2. The van der Waals surface area contributed by atoms with Crippen molar-refractivity contribution >= 4 is 46.5 Å². The molecule has 8 heteroatoms. The molecule has 1 aromatic heterocycles. The van der Waals surface area contributed by atoms with Crippen LogP contribution in [0.5, 0.6) is 0 Å². The van der Waals surface area contributed by atoms with Gasteiger partial charge in [0.05, 0.1) is 10.0 Å². The Balaban J connectivity index is 1.83. The number of hydrogen-bond acceptors (Lipinski definition) is 2. The standard InChI is InChI=1S/C18H15Cl3N4O/c1-25-9-8-22-17(25)16(11-2-4-12(19)5-3-11)24-18(26)23-13-6-7-14(20)15(21)10-13/h2-10,16H,1H3,(H2,23,24,26). The Morgan fingerprint density at radius 1 is 1.08 bits per heavy atom. The number of nitrogens with zero attached hydrogens (tertiary/aromatic N) is 2. The number of amides is 2. The first-order valence-electron chi connectivity index (χ1n) is 7.69. The summed E-state index contributed by atoms with van der Waals surface area (Å²) in [5, 5.41) is 7.08. The van der Waals surface area contributed by atoms with Crippen LogP contribution in [0.25, 0.3) is 0 Å². The molecule has 0 aliphatic heterocycles. The zero-order valence-electron chi connectivity index (χ0n) is 13.7. The van der Waals surface area contributed by atoms with Gasteiger partial charge in [0.2, 0.25) is 0 Å². The second-order valence-corrected chi connectivity index (χ2v) is 6.86. The van der Waals surface area contributed by atoms with Gasteiger partial charge in [-0.3, -0.25) is 0 Å². The summed E-state index contributed by atoms with van der Waals surface area (Å²) in [7, 11) is 1.86. The molecule has 0 radical (unpaired) electrons. The quantitative estimate of drug-likeness (QED) is 0.615. The highest BCUT2D eigenvalue weighted by Crippen LogP contribution is 2.26. The molecule has 0 saturated heterocycles. The molecule has 2 amide bonds. The lowest BCUT2D eigenvalue weighted by Crippen LogP contribution is -2.34. The number of nitrogens with one attached hydrogen (secondary N) is 2. The van der Waals surface area contributed by atoms with Crippen LogP contribution in [-0.4, -0.2) is 15.6 Å². The molecule has 0 aliphatic rings. The molecule has 134 valence electrons. The van der Waals surface area contributed by atoms with E-state index in [1.54, 1.807) is 36.5 Å². The number of imidazole rings is 1. The molecule has 2 N–H and O–H groups in total. The number of aryl methyl sites for hydroxylation is 1. The average molecular weight is 410 g/mol. The predicted molar refractivity (Wildman–Crippen MR) is 105 cm³/mol. The molecule has 0 bridgehead atoms. The third-order valence-corrected chi connectivity index (χ3v) is 4.76. The molecular formula is C18H15Cl3N4O. The van der Waals surface area contributed by atoms with Crippen LogP contribution in [-0.2, 0) is 7.05 Å². The number of anilines is 1. The molecule has 1 heterocycles. The van der Waals surface area contributed by atoms with E-state index in [0.29, 0.717) is 26.6 Å². The number of halogens is 3. The van der Waals surface area contributed by atoms with E-state index in [2.05, 4.69) is 15.6 Å². The van der Waals surface area contributed by atoms with Gasteiger partial charge < -0.3 is 15.2 Å². The molecule has 0 spiro atoms. The first-order valence-corrected chi connectivity index (χ1v) is 8.82. The molecule has 5 nitrogen and oxygen atoms in total. The van der Waals surface area contributed by atoms with Gasteiger partial charge in [-0.05, 0) is 35.9 Å². The van der Waals surface area contributed by atoms with E-state index in [9.17, 15) is 4.79 Å². The van der Waals surface area contributed by atoms with Gasteiger partial charge >= 0.3 is 6.03 Å². The molecule has 1 atom stereocenters. The van der Waals surface area contributed by atoms with E-state index in [1.807, 2.05) is 29.9 Å². The summed E-state index contributed by atoms with van der Waals surface area (Å²) in [5.74, 6) is 0.691. The van der Waals surface area contributed by atoms with Crippen LogP contribution in [0.1, 0.15) is 17.4 Å². The third kappa shape index (κ3) is 4.30. The fourth-order valence-corrected chi connectivity index (χ4v) is 2.90. The van der Waals surface area contributed by atoms with Crippen molar-refractivity contribution in [2.24, 2.45) is 7.05 Å². The molecule has 0 aliphatic carbocycles. The summed E-state index contributed by atoms with van der Waals surface area (Å²) in [6.07, 6.45) is 3.49. The van der Waals surface area contributed by atoms with Gasteiger partial charge in [0.1, 0.15) is 11.9 Å². The van der Waals surface area contributed by atoms with E-state index in [-0.39, 0.29) is 0 Å². The zero-order valence-corrected chi connectivity index (χ0v) is 16.0. The zero-order chi connectivity index (χ0) is 18.7. The Morgan fingerprint density at radius 3 is 2.42 bits per heavy atom. The highest BCUT2D eigenvalue weighted by atomic mass is 35.5. The van der Waals surface area contributed by atoms with E-state index in [0.717, 1.165) is 5.56 Å². The second kappa shape index (κ2) is 7.99. The fraction of sp³-hybridized carbons (Fsp3) is 0.111. The van der Waals surface area contributed by atoms with Crippen LogP contribution in [0.3, 0.4) is 0 Å². The van der Waals surface area contributed by atoms with Crippen LogP contribution in [0.4, 0.5) is 10.5 Å². The number of rotatable bonds is 4. The van der Waals surface area contributed by atoms with Crippen LogP contribution in [0.15, 0.2) is 54.9 Å². The molecule has 3 rings (SSSR count). The lowest BCUT2D eigenvalue weighted by atomic mass is 10.1. The molecular weight excluding hydrogens is 395 g/mol. The van der Waals surface area contributed by atoms with Crippen LogP contribution >= 0.6 is 34.8 Å². The van der Waals surface area contributed by atoms with Crippen molar-refractivity contribution in [3.8, 4) is 0 Å². The summed E-state index contributed by atoms with van der Waals surface area (Å²) >= 11 is 17.9. The lowest BCUT2D eigenvalue weighted by Gasteiger charge is -2.19. The summed E-state index contributed by atoms with van der Waals surface area (Å²) in [6, 6.07) is 11.3. The average Bonchev–Trinajstić information content (AvgIpc) is 3.03. The second-order valence-electron chi connectivity index (χ2n) is 5.61. The van der Waals surface area contributed by atoms with Crippen LogP contribution in [0, 0.1) is 0 Å². The Bertz CT molecular complexity index is 924. The number of carbonyl (C=O) groups excluding carboxylic acids is 1. The highest BCUT2D eigenvalue weighted by molar-refractivity contribution is 6.42. The van der Waals surface area contributed by atoms with Gasteiger partial charge in [-0.15, -0.1) is 0 Å². The first kappa shape index (κ1) is 18.6. The van der Waals surface area contributed by atoms with Gasteiger partial charge in [-0.25, -0.2) is 9.78 Å². The largest absolute Gasteiger partial charge is 0.336 e. The number of urea groups is 1. The number of hydrogen-bond donors (Lipinski definition) is 2. The molecule has 0 fully saturated rings. The Morgan fingerprint density at radius 2 is 1.81 bits per heavy atom. The SMILES string of the molecule is Cn1ccnc1C(NC(=O)Nc1ccc(Cl)c(Cl)c1)c1ccc(Cl)cc1. The van der Waals surface area contributed by atoms with E-state index < -0.39 is 12.1 Å². The van der Waals surface area contributed by atoms with Gasteiger partial charge in [0.25, 0.3) is 0 Å². The maximum atomic E-state index is 12.5. The number of carbonyl (C=O) groups is 1. The van der Waals surface area contributed by atoms with Gasteiger partial charge in [0.15, 0.2) is 0 Å². The van der Waals surface area contributed by atoms with Crippen molar-refractivity contribution in [3.63, 3.8) is 0 Å². The van der Waals surface area contributed by atoms with Crippen molar-refractivity contribution in [2.75, 3.05) is 5.32 Å². The smallest absolute Gasteiger partial charge is 0.320 e. The Kier molecular flexibility index (Phi) is 5.71. The third-order valence-electron chi connectivity index (χ3n) is 3.77. The van der Waals surface area contributed by atoms with E-state index >= 15 is 0 Å². The monoisotopic (exact) mass is 408 g/mol. The number of benzene rings is 2. The summed E-state index contributed by atoms with van der Waals surface area (Å²) < 4.78 is 1.85. The molecule has 0 saturated carbocycles. The van der Waals surface area contributed by atoms with Crippen LogP contribution in [0.2, 0.25) is 15.1 Å². The fourth-order valence-electron chi connectivity index (χ4n) is 2.48. The lowest BCUT2D eigenvalue weighted by molar-refractivity contribution is 0.249.